The molecule has 0 saturated heterocycles. The number of hydrogen-bond donors (Lipinski definition) is 2. The average Bonchev–Trinajstić information content (AvgIpc) is 2.27. The summed E-state index contributed by atoms with van der Waals surface area (Å²) < 4.78 is 0.958. The highest BCUT2D eigenvalue weighted by molar-refractivity contribution is 9.10. The van der Waals surface area contributed by atoms with E-state index in [1.165, 1.54) is 25.7 Å². The Balaban J connectivity index is 2.14. The van der Waals surface area contributed by atoms with Crippen molar-refractivity contribution in [3.05, 3.63) is 28.2 Å². The SMILES string of the molecule is CCC1(CNc2cccc(Br)c2C(N)=S)CCC1. The van der Waals surface area contributed by atoms with E-state index >= 15 is 0 Å². The van der Waals surface area contributed by atoms with Crippen molar-refractivity contribution in [3.8, 4) is 0 Å². The molecule has 0 radical (unpaired) electrons. The second kappa shape index (κ2) is 5.57. The van der Waals surface area contributed by atoms with Crippen molar-refractivity contribution in [1.82, 2.24) is 0 Å². The van der Waals surface area contributed by atoms with Crippen LogP contribution in [0.15, 0.2) is 22.7 Å². The Kier molecular flexibility index (Phi) is 4.28. The number of benzene rings is 1. The molecule has 0 aromatic heterocycles. The molecule has 0 bridgehead atoms. The van der Waals surface area contributed by atoms with Gasteiger partial charge >= 0.3 is 0 Å². The maximum atomic E-state index is 5.80. The summed E-state index contributed by atoms with van der Waals surface area (Å²) >= 11 is 8.63. The molecule has 0 aliphatic heterocycles. The lowest BCUT2D eigenvalue weighted by molar-refractivity contribution is 0.145. The average molecular weight is 327 g/mol. The van der Waals surface area contributed by atoms with Gasteiger partial charge in [0.2, 0.25) is 0 Å². The van der Waals surface area contributed by atoms with Crippen LogP contribution in [0.1, 0.15) is 38.2 Å². The summed E-state index contributed by atoms with van der Waals surface area (Å²) in [4.78, 5) is 0.434. The van der Waals surface area contributed by atoms with Crippen LogP contribution in [-0.4, -0.2) is 11.5 Å². The highest BCUT2D eigenvalue weighted by atomic mass is 79.9. The standard InChI is InChI=1S/C14H19BrN2S/c1-2-14(7-4-8-14)9-17-11-6-3-5-10(15)12(11)13(16)18/h3,5-6,17H,2,4,7-9H2,1H3,(H2,16,18). The van der Waals surface area contributed by atoms with Crippen molar-refractivity contribution in [3.63, 3.8) is 0 Å². The summed E-state index contributed by atoms with van der Waals surface area (Å²) in [5, 5.41) is 3.53. The fourth-order valence-electron chi connectivity index (χ4n) is 2.54. The van der Waals surface area contributed by atoms with Crippen LogP contribution in [-0.2, 0) is 0 Å². The van der Waals surface area contributed by atoms with E-state index in [9.17, 15) is 0 Å². The van der Waals surface area contributed by atoms with Crippen LogP contribution in [0, 0.1) is 5.41 Å². The van der Waals surface area contributed by atoms with Crippen LogP contribution in [0.2, 0.25) is 0 Å². The molecule has 1 aliphatic rings. The van der Waals surface area contributed by atoms with E-state index in [4.69, 9.17) is 18.0 Å². The van der Waals surface area contributed by atoms with Crippen molar-refractivity contribution in [2.75, 3.05) is 11.9 Å². The number of nitrogens with two attached hydrogens (primary N) is 1. The Morgan fingerprint density at radius 3 is 2.72 bits per heavy atom. The van der Waals surface area contributed by atoms with Gasteiger partial charge in [-0.25, -0.2) is 0 Å². The van der Waals surface area contributed by atoms with E-state index in [0.717, 1.165) is 22.3 Å². The maximum Gasteiger partial charge on any atom is 0.107 e. The first-order valence-corrected chi connectivity index (χ1v) is 7.60. The summed E-state index contributed by atoms with van der Waals surface area (Å²) in [6, 6.07) is 6.02. The molecule has 2 nitrogen and oxygen atoms in total. The fourth-order valence-corrected chi connectivity index (χ4v) is 3.47. The van der Waals surface area contributed by atoms with Crippen molar-refractivity contribution < 1.29 is 0 Å². The van der Waals surface area contributed by atoms with E-state index < -0.39 is 0 Å². The summed E-state index contributed by atoms with van der Waals surface area (Å²) in [7, 11) is 0. The monoisotopic (exact) mass is 326 g/mol. The molecule has 1 fully saturated rings. The normalized spacial score (nSPS) is 17.0. The predicted octanol–water partition coefficient (Wildman–Crippen LogP) is 4.08. The lowest BCUT2D eigenvalue weighted by atomic mass is 9.67. The first kappa shape index (κ1) is 13.8. The minimum Gasteiger partial charge on any atom is -0.389 e. The third kappa shape index (κ3) is 2.69. The Morgan fingerprint density at radius 2 is 2.22 bits per heavy atom. The van der Waals surface area contributed by atoms with Crippen LogP contribution < -0.4 is 11.1 Å². The topological polar surface area (TPSA) is 38.0 Å². The second-order valence-electron chi connectivity index (χ2n) is 5.09. The highest BCUT2D eigenvalue weighted by Gasteiger charge is 2.34. The van der Waals surface area contributed by atoms with Gasteiger partial charge in [-0.05, 0) is 52.7 Å². The van der Waals surface area contributed by atoms with Gasteiger partial charge < -0.3 is 11.1 Å². The predicted molar refractivity (Wildman–Crippen MR) is 85.1 cm³/mol. The van der Waals surface area contributed by atoms with E-state index in [1.54, 1.807) is 0 Å². The molecular formula is C14H19BrN2S. The van der Waals surface area contributed by atoms with Gasteiger partial charge in [-0.3, -0.25) is 0 Å². The number of halogens is 1. The quantitative estimate of drug-likeness (QED) is 0.801. The van der Waals surface area contributed by atoms with Crippen molar-refractivity contribution >= 4 is 38.8 Å². The zero-order valence-corrected chi connectivity index (χ0v) is 13.0. The van der Waals surface area contributed by atoms with Gasteiger partial charge in [-0.15, -0.1) is 0 Å². The minimum absolute atomic E-state index is 0.434. The van der Waals surface area contributed by atoms with E-state index in [-0.39, 0.29) is 0 Å². The van der Waals surface area contributed by atoms with Crippen LogP contribution >= 0.6 is 28.1 Å². The molecule has 2 rings (SSSR count). The summed E-state index contributed by atoms with van der Waals surface area (Å²) in [5.74, 6) is 0. The number of anilines is 1. The molecule has 0 unspecified atom stereocenters. The van der Waals surface area contributed by atoms with Crippen LogP contribution in [0.5, 0.6) is 0 Å². The first-order chi connectivity index (χ1) is 8.58. The number of thiocarbonyl (C=S) groups is 1. The molecule has 98 valence electrons. The summed E-state index contributed by atoms with van der Waals surface area (Å²) in [6.45, 7) is 3.28. The van der Waals surface area contributed by atoms with Crippen molar-refractivity contribution in [2.45, 2.75) is 32.6 Å². The molecule has 0 heterocycles. The highest BCUT2D eigenvalue weighted by Crippen LogP contribution is 2.44. The van der Waals surface area contributed by atoms with Gasteiger partial charge in [0.15, 0.2) is 0 Å². The molecule has 0 spiro atoms. The fraction of sp³-hybridized carbons (Fsp3) is 0.500. The molecule has 0 amide bonds. The van der Waals surface area contributed by atoms with Gasteiger partial charge in [0.25, 0.3) is 0 Å². The smallest absolute Gasteiger partial charge is 0.107 e. The molecule has 3 N–H and O–H groups in total. The van der Waals surface area contributed by atoms with E-state index in [1.807, 2.05) is 18.2 Å². The number of nitrogens with one attached hydrogen (secondary N) is 1. The third-order valence-corrected chi connectivity index (χ3v) is 4.94. The van der Waals surface area contributed by atoms with Crippen LogP contribution in [0.4, 0.5) is 5.69 Å². The molecule has 18 heavy (non-hydrogen) atoms. The second-order valence-corrected chi connectivity index (χ2v) is 6.38. The molecule has 1 saturated carbocycles. The maximum absolute atomic E-state index is 5.80. The molecule has 4 heteroatoms. The van der Waals surface area contributed by atoms with Gasteiger partial charge in [-0.2, -0.15) is 0 Å². The van der Waals surface area contributed by atoms with Crippen molar-refractivity contribution in [1.29, 1.82) is 0 Å². The Bertz CT molecular complexity index is 450. The first-order valence-electron chi connectivity index (χ1n) is 6.40. The zero-order chi connectivity index (χ0) is 13.2. The van der Waals surface area contributed by atoms with Crippen molar-refractivity contribution in [2.24, 2.45) is 11.1 Å². The van der Waals surface area contributed by atoms with Gasteiger partial charge in [0.1, 0.15) is 4.99 Å². The largest absolute Gasteiger partial charge is 0.389 e. The minimum atomic E-state index is 0.434. The third-order valence-electron chi connectivity index (χ3n) is 4.08. The lowest BCUT2D eigenvalue weighted by Gasteiger charge is -2.41. The van der Waals surface area contributed by atoms with E-state index in [2.05, 4.69) is 28.2 Å². The zero-order valence-electron chi connectivity index (χ0n) is 10.6. The molecule has 0 atom stereocenters. The lowest BCUT2D eigenvalue weighted by Crippen LogP contribution is -2.36. The Morgan fingerprint density at radius 1 is 1.50 bits per heavy atom. The summed E-state index contributed by atoms with van der Waals surface area (Å²) in [6.07, 6.45) is 5.24. The van der Waals surface area contributed by atoms with Gasteiger partial charge in [0.05, 0.1) is 0 Å². The van der Waals surface area contributed by atoms with Crippen LogP contribution in [0.3, 0.4) is 0 Å². The number of hydrogen-bond acceptors (Lipinski definition) is 2. The Hall–Kier alpha value is -0.610. The molecule has 1 aromatic rings. The van der Waals surface area contributed by atoms with Crippen LogP contribution in [0.25, 0.3) is 0 Å². The van der Waals surface area contributed by atoms with E-state index in [0.29, 0.717) is 10.4 Å². The summed E-state index contributed by atoms with van der Waals surface area (Å²) in [5.41, 5.74) is 8.23. The molecular weight excluding hydrogens is 308 g/mol. The molecule has 1 aromatic carbocycles. The number of rotatable bonds is 5. The van der Waals surface area contributed by atoms with Gasteiger partial charge in [-0.1, -0.05) is 31.6 Å². The Labute approximate surface area is 122 Å². The van der Waals surface area contributed by atoms with Gasteiger partial charge in [0, 0.05) is 22.3 Å². The molecule has 1 aliphatic carbocycles.